The Bertz CT molecular complexity index is 925. The van der Waals surface area contributed by atoms with Gasteiger partial charge in [0, 0.05) is 5.56 Å². The van der Waals surface area contributed by atoms with Crippen molar-refractivity contribution in [3.63, 3.8) is 0 Å². The van der Waals surface area contributed by atoms with Crippen molar-refractivity contribution < 1.29 is 8.42 Å². The monoisotopic (exact) mass is 327 g/mol. The van der Waals surface area contributed by atoms with E-state index < -0.39 is 10.0 Å². The van der Waals surface area contributed by atoms with Gasteiger partial charge in [-0.25, -0.2) is 13.4 Å². The van der Waals surface area contributed by atoms with Gasteiger partial charge in [-0.1, -0.05) is 30.3 Å². The van der Waals surface area contributed by atoms with Crippen molar-refractivity contribution in [2.75, 3.05) is 16.7 Å². The molecule has 1 aromatic heterocycles. The molecule has 23 heavy (non-hydrogen) atoms. The van der Waals surface area contributed by atoms with E-state index in [0.717, 1.165) is 6.26 Å². The highest BCUT2D eigenvalue weighted by atomic mass is 32.2. The highest BCUT2D eigenvalue weighted by Crippen LogP contribution is 2.36. The molecule has 0 aliphatic rings. The molecule has 8 heteroatoms. The first-order valence-electron chi connectivity index (χ1n) is 6.50. The number of nitrogens with two attached hydrogens (primary N) is 1. The van der Waals surface area contributed by atoms with E-state index in [2.05, 4.69) is 9.71 Å². The van der Waals surface area contributed by atoms with Crippen LogP contribution in [-0.2, 0) is 16.4 Å². The lowest BCUT2D eigenvalue weighted by Gasteiger charge is -2.15. The number of anilines is 2. The van der Waals surface area contributed by atoms with Crippen LogP contribution in [0.2, 0.25) is 0 Å². The first-order valence-corrected chi connectivity index (χ1v) is 8.39. The third kappa shape index (κ3) is 3.57. The van der Waals surface area contributed by atoms with Crippen molar-refractivity contribution in [2.24, 2.45) is 0 Å². The average Bonchev–Trinajstić information content (AvgIpc) is 2.47. The highest BCUT2D eigenvalue weighted by molar-refractivity contribution is 7.92. The molecule has 116 valence electrons. The summed E-state index contributed by atoms with van der Waals surface area (Å²) in [6, 6.07) is 12.6. The Morgan fingerprint density at radius 1 is 1.26 bits per heavy atom. The summed E-state index contributed by atoms with van der Waals surface area (Å²) < 4.78 is 25.5. The number of nitrogens with zero attached hydrogens (tertiary/aromatic N) is 3. The lowest BCUT2D eigenvalue weighted by molar-refractivity contribution is 0.606. The van der Waals surface area contributed by atoms with E-state index >= 15 is 0 Å². The first kappa shape index (κ1) is 16.3. The zero-order chi connectivity index (χ0) is 17.0. The van der Waals surface area contributed by atoms with Crippen LogP contribution in [0.25, 0.3) is 11.1 Å². The third-order valence-corrected chi connectivity index (χ3v) is 3.58. The standard InChI is InChI=1S/C15H13N5O2S/c1-23(21,22)20-15-13(10-5-3-2-4-6-10)14(18)11(9-17)12(19-15)7-8-16/h2-6H,7H2,1H3,(H3,18,19,20). The second-order valence-corrected chi connectivity index (χ2v) is 6.51. The smallest absolute Gasteiger partial charge is 0.230 e. The molecule has 0 saturated carbocycles. The van der Waals surface area contributed by atoms with Crippen LogP contribution in [0.4, 0.5) is 11.5 Å². The number of pyridine rings is 1. The van der Waals surface area contributed by atoms with E-state index in [9.17, 15) is 13.7 Å². The molecule has 0 amide bonds. The number of rotatable bonds is 4. The second-order valence-electron chi connectivity index (χ2n) is 4.76. The van der Waals surface area contributed by atoms with Gasteiger partial charge in [0.05, 0.1) is 35.7 Å². The molecule has 0 aliphatic carbocycles. The number of nitrogen functional groups attached to an aromatic ring is 1. The van der Waals surface area contributed by atoms with E-state index in [1.54, 1.807) is 30.3 Å². The molecule has 7 nitrogen and oxygen atoms in total. The molecule has 0 aliphatic heterocycles. The van der Waals surface area contributed by atoms with Gasteiger partial charge in [-0.3, -0.25) is 4.72 Å². The maximum absolute atomic E-state index is 11.6. The maximum Gasteiger partial charge on any atom is 0.230 e. The number of hydrogen-bond acceptors (Lipinski definition) is 6. The van der Waals surface area contributed by atoms with Crippen molar-refractivity contribution in [1.82, 2.24) is 4.98 Å². The minimum Gasteiger partial charge on any atom is -0.397 e. The molecule has 0 bridgehead atoms. The van der Waals surface area contributed by atoms with Crippen LogP contribution in [0.3, 0.4) is 0 Å². The number of hydrogen-bond donors (Lipinski definition) is 2. The van der Waals surface area contributed by atoms with Crippen molar-refractivity contribution in [3.05, 3.63) is 41.6 Å². The molecule has 0 fully saturated rings. The topological polar surface area (TPSA) is 133 Å². The van der Waals surface area contributed by atoms with E-state index in [-0.39, 0.29) is 29.2 Å². The van der Waals surface area contributed by atoms with Gasteiger partial charge in [-0.15, -0.1) is 0 Å². The van der Waals surface area contributed by atoms with Gasteiger partial charge in [-0.05, 0) is 5.56 Å². The molecule has 2 aromatic rings. The number of nitrogens with one attached hydrogen (secondary N) is 1. The maximum atomic E-state index is 11.6. The molecule has 0 saturated heterocycles. The van der Waals surface area contributed by atoms with Crippen molar-refractivity contribution >= 4 is 21.5 Å². The largest absolute Gasteiger partial charge is 0.397 e. The molecular formula is C15H13N5O2S. The van der Waals surface area contributed by atoms with Crippen LogP contribution in [-0.4, -0.2) is 19.7 Å². The number of aromatic nitrogens is 1. The molecule has 1 heterocycles. The fourth-order valence-corrected chi connectivity index (χ4v) is 2.63. The molecule has 0 radical (unpaired) electrons. The SMILES string of the molecule is CS(=O)(=O)Nc1nc(CC#N)c(C#N)c(N)c1-c1ccccc1. The number of nitriles is 2. The zero-order valence-electron chi connectivity index (χ0n) is 12.2. The summed E-state index contributed by atoms with van der Waals surface area (Å²) in [5.74, 6) is 0.000417. The van der Waals surface area contributed by atoms with Crippen LogP contribution in [0.1, 0.15) is 11.3 Å². The summed E-state index contributed by atoms with van der Waals surface area (Å²) in [6.07, 6.45) is 0.836. The number of sulfonamides is 1. The fraction of sp³-hybridized carbons (Fsp3) is 0.133. The fourth-order valence-electron chi connectivity index (χ4n) is 2.13. The van der Waals surface area contributed by atoms with Gasteiger partial charge < -0.3 is 5.73 Å². The Labute approximate surface area is 134 Å². The Kier molecular flexibility index (Phi) is 4.49. The van der Waals surface area contributed by atoms with Gasteiger partial charge in [0.1, 0.15) is 11.9 Å². The Hall–Kier alpha value is -3.10. The van der Waals surface area contributed by atoms with Gasteiger partial charge in [0.2, 0.25) is 10.0 Å². The van der Waals surface area contributed by atoms with E-state index in [4.69, 9.17) is 11.0 Å². The molecule has 0 unspecified atom stereocenters. The van der Waals surface area contributed by atoms with Crippen LogP contribution >= 0.6 is 0 Å². The molecule has 1 aromatic carbocycles. The Morgan fingerprint density at radius 3 is 2.43 bits per heavy atom. The lowest BCUT2D eigenvalue weighted by Crippen LogP contribution is -2.15. The summed E-state index contributed by atoms with van der Waals surface area (Å²) in [4.78, 5) is 4.14. The predicted octanol–water partition coefficient (Wildman–Crippen LogP) is 1.64. The molecule has 0 atom stereocenters. The molecule has 0 spiro atoms. The first-order chi connectivity index (χ1) is 10.9. The van der Waals surface area contributed by atoms with Gasteiger partial charge >= 0.3 is 0 Å². The summed E-state index contributed by atoms with van der Waals surface area (Å²) in [5.41, 5.74) is 7.30. The quantitative estimate of drug-likeness (QED) is 0.877. The summed E-state index contributed by atoms with van der Waals surface area (Å²) in [5, 5.41) is 18.2. The van der Waals surface area contributed by atoms with Gasteiger partial charge in [0.25, 0.3) is 0 Å². The van der Waals surface area contributed by atoms with Crippen LogP contribution in [0.15, 0.2) is 30.3 Å². The third-order valence-electron chi connectivity index (χ3n) is 3.01. The van der Waals surface area contributed by atoms with Crippen LogP contribution in [0.5, 0.6) is 0 Å². The van der Waals surface area contributed by atoms with Crippen molar-refractivity contribution in [2.45, 2.75) is 6.42 Å². The normalized spacial score (nSPS) is 10.6. The molecule has 2 rings (SSSR count). The van der Waals surface area contributed by atoms with E-state index in [1.807, 2.05) is 12.1 Å². The number of benzene rings is 1. The minimum atomic E-state index is -3.61. The summed E-state index contributed by atoms with van der Waals surface area (Å²) in [7, 11) is -3.61. The predicted molar refractivity (Wildman–Crippen MR) is 86.6 cm³/mol. The van der Waals surface area contributed by atoms with Gasteiger partial charge in [0.15, 0.2) is 0 Å². The van der Waals surface area contributed by atoms with Crippen molar-refractivity contribution in [1.29, 1.82) is 10.5 Å². The highest BCUT2D eigenvalue weighted by Gasteiger charge is 2.20. The zero-order valence-corrected chi connectivity index (χ0v) is 13.1. The Morgan fingerprint density at radius 2 is 1.91 bits per heavy atom. The van der Waals surface area contributed by atoms with Crippen LogP contribution in [0, 0.1) is 22.7 Å². The lowest BCUT2D eigenvalue weighted by atomic mass is 9.99. The second kappa shape index (κ2) is 6.34. The summed E-state index contributed by atoms with van der Waals surface area (Å²) in [6.45, 7) is 0. The van der Waals surface area contributed by atoms with Crippen molar-refractivity contribution in [3.8, 4) is 23.3 Å². The van der Waals surface area contributed by atoms with Gasteiger partial charge in [-0.2, -0.15) is 10.5 Å². The Balaban J connectivity index is 2.82. The average molecular weight is 327 g/mol. The minimum absolute atomic E-state index is 0.000417. The van der Waals surface area contributed by atoms with E-state index in [1.165, 1.54) is 0 Å². The molecule has 3 N–H and O–H groups in total. The van der Waals surface area contributed by atoms with E-state index in [0.29, 0.717) is 11.1 Å². The van der Waals surface area contributed by atoms with Crippen LogP contribution < -0.4 is 10.5 Å². The summed E-state index contributed by atoms with van der Waals surface area (Å²) >= 11 is 0. The molecular weight excluding hydrogens is 314 g/mol.